The summed E-state index contributed by atoms with van der Waals surface area (Å²) in [5, 5.41) is 8.81. The molecule has 0 aliphatic rings. The molecule has 0 aliphatic carbocycles. The number of carbonyl (C=O) groups is 1. The molecule has 0 atom stereocenters. The summed E-state index contributed by atoms with van der Waals surface area (Å²) in [6.07, 6.45) is 2.23. The van der Waals surface area contributed by atoms with Crippen molar-refractivity contribution < 1.29 is 9.90 Å². The molecule has 0 bridgehead atoms. The maximum atomic E-state index is 11.5. The minimum Gasteiger partial charge on any atom is -0.478 e. The van der Waals surface area contributed by atoms with E-state index in [1.165, 1.54) is 22.9 Å². The first kappa shape index (κ1) is 12.5. The molecule has 0 saturated heterocycles. The zero-order chi connectivity index (χ0) is 12.3. The summed E-state index contributed by atoms with van der Waals surface area (Å²) in [6.45, 7) is 6.79. The van der Waals surface area contributed by atoms with Gasteiger partial charge in [0.05, 0.1) is 5.56 Å². The van der Waals surface area contributed by atoms with Gasteiger partial charge in [-0.3, -0.25) is 4.79 Å². The van der Waals surface area contributed by atoms with Gasteiger partial charge < -0.3 is 9.67 Å². The third kappa shape index (κ3) is 3.53. The minimum absolute atomic E-state index is 0.124. The summed E-state index contributed by atoms with van der Waals surface area (Å²) < 4.78 is 1.45. The van der Waals surface area contributed by atoms with E-state index in [0.29, 0.717) is 6.54 Å². The first-order valence-corrected chi connectivity index (χ1v) is 5.23. The number of hydrogen-bond donors (Lipinski definition) is 1. The van der Waals surface area contributed by atoms with Crippen LogP contribution in [0.25, 0.3) is 0 Å². The van der Waals surface area contributed by atoms with Crippen LogP contribution in [-0.2, 0) is 6.54 Å². The van der Waals surface area contributed by atoms with Crippen LogP contribution in [-0.4, -0.2) is 15.6 Å². The van der Waals surface area contributed by atoms with Gasteiger partial charge in [0.1, 0.15) is 0 Å². The van der Waals surface area contributed by atoms with Gasteiger partial charge in [-0.15, -0.1) is 0 Å². The summed E-state index contributed by atoms with van der Waals surface area (Å²) in [7, 11) is 0. The lowest BCUT2D eigenvalue weighted by atomic mass is 9.92. The number of aromatic nitrogens is 1. The van der Waals surface area contributed by atoms with Gasteiger partial charge in [0.15, 0.2) is 0 Å². The summed E-state index contributed by atoms with van der Waals surface area (Å²) in [4.78, 5) is 22.2. The van der Waals surface area contributed by atoms with Gasteiger partial charge in [-0.2, -0.15) is 0 Å². The van der Waals surface area contributed by atoms with Crippen LogP contribution < -0.4 is 5.56 Å². The molecule has 0 fully saturated rings. The van der Waals surface area contributed by atoms with Gasteiger partial charge in [-0.05, 0) is 17.9 Å². The van der Waals surface area contributed by atoms with Gasteiger partial charge in [0.2, 0.25) is 0 Å². The summed E-state index contributed by atoms with van der Waals surface area (Å²) in [5.74, 6) is -1.01. The predicted molar refractivity (Wildman–Crippen MR) is 61.7 cm³/mol. The van der Waals surface area contributed by atoms with E-state index < -0.39 is 5.97 Å². The van der Waals surface area contributed by atoms with E-state index in [1.807, 2.05) is 0 Å². The first-order chi connectivity index (χ1) is 7.29. The van der Waals surface area contributed by atoms with Crippen LogP contribution in [0.3, 0.4) is 0 Å². The highest BCUT2D eigenvalue weighted by atomic mass is 16.4. The molecule has 0 saturated carbocycles. The maximum absolute atomic E-state index is 11.5. The summed E-state index contributed by atoms with van der Waals surface area (Å²) >= 11 is 0. The fourth-order valence-electron chi connectivity index (χ4n) is 1.29. The van der Waals surface area contributed by atoms with Crippen molar-refractivity contribution in [3.63, 3.8) is 0 Å². The van der Waals surface area contributed by atoms with Crippen LogP contribution >= 0.6 is 0 Å². The Morgan fingerprint density at radius 2 is 2.00 bits per heavy atom. The molecule has 0 aliphatic heterocycles. The Balaban J connectivity index is 2.91. The third-order valence-electron chi connectivity index (χ3n) is 2.33. The quantitative estimate of drug-likeness (QED) is 0.852. The van der Waals surface area contributed by atoms with Crippen LogP contribution in [0.15, 0.2) is 23.1 Å². The Morgan fingerprint density at radius 3 is 2.50 bits per heavy atom. The van der Waals surface area contributed by atoms with Crippen LogP contribution in [0.5, 0.6) is 0 Å². The van der Waals surface area contributed by atoms with E-state index in [-0.39, 0.29) is 16.5 Å². The van der Waals surface area contributed by atoms with Crippen molar-refractivity contribution in [2.45, 2.75) is 33.7 Å². The average molecular weight is 223 g/mol. The second kappa shape index (κ2) is 4.51. The lowest BCUT2D eigenvalue weighted by Crippen LogP contribution is -2.22. The van der Waals surface area contributed by atoms with Gasteiger partial charge in [0, 0.05) is 18.8 Å². The van der Waals surface area contributed by atoms with E-state index in [1.54, 1.807) is 0 Å². The van der Waals surface area contributed by atoms with Crippen LogP contribution in [0.2, 0.25) is 0 Å². The largest absolute Gasteiger partial charge is 0.478 e. The number of aryl methyl sites for hydroxylation is 1. The van der Waals surface area contributed by atoms with E-state index in [9.17, 15) is 9.59 Å². The Morgan fingerprint density at radius 1 is 1.38 bits per heavy atom. The fourth-order valence-corrected chi connectivity index (χ4v) is 1.29. The zero-order valence-corrected chi connectivity index (χ0v) is 9.86. The molecule has 0 spiro atoms. The highest BCUT2D eigenvalue weighted by Crippen LogP contribution is 2.18. The van der Waals surface area contributed by atoms with Crippen LogP contribution in [0, 0.1) is 5.41 Å². The van der Waals surface area contributed by atoms with Crippen molar-refractivity contribution in [2.75, 3.05) is 0 Å². The molecule has 0 aromatic carbocycles. The Hall–Kier alpha value is -1.58. The fraction of sp³-hybridized carbons (Fsp3) is 0.500. The number of hydrogen-bond acceptors (Lipinski definition) is 2. The smallest absolute Gasteiger partial charge is 0.337 e. The monoisotopic (exact) mass is 223 g/mol. The van der Waals surface area contributed by atoms with Crippen LogP contribution in [0.1, 0.15) is 37.6 Å². The predicted octanol–water partition coefficient (Wildman–Crippen LogP) is 1.98. The number of carboxylic acid groups (broad SMARTS) is 1. The molecule has 4 heteroatoms. The standard InChI is InChI=1S/C12H17NO3/c1-12(2,3)6-7-13-8-9(11(15)16)4-5-10(13)14/h4-5,8H,6-7H2,1-3H3,(H,15,16). The van der Waals surface area contributed by atoms with Crippen molar-refractivity contribution in [1.82, 2.24) is 4.57 Å². The third-order valence-corrected chi connectivity index (χ3v) is 2.33. The van der Waals surface area contributed by atoms with Crippen molar-refractivity contribution in [3.8, 4) is 0 Å². The van der Waals surface area contributed by atoms with Gasteiger partial charge in [-0.1, -0.05) is 20.8 Å². The summed E-state index contributed by atoms with van der Waals surface area (Å²) in [6, 6.07) is 2.63. The first-order valence-electron chi connectivity index (χ1n) is 5.23. The summed E-state index contributed by atoms with van der Waals surface area (Å²) in [5.41, 5.74) is 0.112. The van der Waals surface area contributed by atoms with Crippen molar-refractivity contribution >= 4 is 5.97 Å². The molecule has 0 unspecified atom stereocenters. The molecule has 0 radical (unpaired) electrons. The second-order valence-corrected chi connectivity index (χ2v) is 5.07. The molecular weight excluding hydrogens is 206 g/mol. The SMILES string of the molecule is CC(C)(C)CCn1cc(C(=O)O)ccc1=O. The topological polar surface area (TPSA) is 59.3 Å². The highest BCUT2D eigenvalue weighted by molar-refractivity contribution is 5.87. The molecule has 1 rings (SSSR count). The molecule has 0 amide bonds. The Labute approximate surface area is 94.5 Å². The van der Waals surface area contributed by atoms with E-state index >= 15 is 0 Å². The second-order valence-electron chi connectivity index (χ2n) is 5.07. The number of pyridine rings is 1. The molecule has 1 heterocycles. The maximum Gasteiger partial charge on any atom is 0.337 e. The van der Waals surface area contributed by atoms with E-state index in [2.05, 4.69) is 20.8 Å². The van der Waals surface area contributed by atoms with Crippen molar-refractivity contribution in [1.29, 1.82) is 0 Å². The number of rotatable bonds is 3. The van der Waals surface area contributed by atoms with Gasteiger partial charge in [-0.25, -0.2) is 4.79 Å². The molecule has 1 aromatic rings. The highest BCUT2D eigenvalue weighted by Gasteiger charge is 2.11. The van der Waals surface area contributed by atoms with Crippen molar-refractivity contribution in [3.05, 3.63) is 34.2 Å². The minimum atomic E-state index is -1.01. The number of aromatic carboxylic acids is 1. The molecule has 4 nitrogen and oxygen atoms in total. The van der Waals surface area contributed by atoms with Crippen molar-refractivity contribution in [2.24, 2.45) is 5.41 Å². The lowest BCUT2D eigenvalue weighted by molar-refractivity contribution is 0.0696. The number of carboxylic acids is 1. The molecule has 88 valence electrons. The lowest BCUT2D eigenvalue weighted by Gasteiger charge is -2.18. The van der Waals surface area contributed by atoms with Crippen LogP contribution in [0.4, 0.5) is 0 Å². The van der Waals surface area contributed by atoms with Gasteiger partial charge in [0.25, 0.3) is 5.56 Å². The molecular formula is C12H17NO3. The van der Waals surface area contributed by atoms with E-state index in [4.69, 9.17) is 5.11 Å². The number of nitrogens with zero attached hydrogens (tertiary/aromatic N) is 1. The normalized spacial score (nSPS) is 11.4. The van der Waals surface area contributed by atoms with E-state index in [0.717, 1.165) is 6.42 Å². The molecule has 16 heavy (non-hydrogen) atoms. The average Bonchev–Trinajstić information content (AvgIpc) is 2.14. The molecule has 1 aromatic heterocycles. The zero-order valence-electron chi connectivity index (χ0n) is 9.86. The Kier molecular flexibility index (Phi) is 3.52. The van der Waals surface area contributed by atoms with Gasteiger partial charge >= 0.3 is 5.97 Å². The molecule has 1 N–H and O–H groups in total. The Bertz CT molecular complexity index is 440.